The Bertz CT molecular complexity index is 809. The van der Waals surface area contributed by atoms with Crippen LogP contribution in [0.3, 0.4) is 0 Å². The lowest BCUT2D eigenvalue weighted by Crippen LogP contribution is -2.14. The molecule has 0 aliphatic heterocycles. The van der Waals surface area contributed by atoms with E-state index >= 15 is 0 Å². The standard InChI is InChI=1S/C13H11ClINO4S2/c14-10-2-1-9(8-21(17)18)13(7-10)16-22(19,20)12-5-3-11(15)4-6-12/h1-7,16H,8H2,(H,17,18). The topological polar surface area (TPSA) is 83.5 Å². The van der Waals surface area contributed by atoms with E-state index in [1.165, 1.54) is 30.3 Å². The van der Waals surface area contributed by atoms with Crippen LogP contribution in [-0.4, -0.2) is 17.2 Å². The Hall–Kier alpha value is -0.680. The smallest absolute Gasteiger partial charge is 0.261 e. The molecule has 2 N–H and O–H groups in total. The minimum Gasteiger partial charge on any atom is -0.306 e. The van der Waals surface area contributed by atoms with Crippen molar-refractivity contribution in [3.05, 3.63) is 56.6 Å². The van der Waals surface area contributed by atoms with Crippen molar-refractivity contribution in [3.63, 3.8) is 0 Å². The van der Waals surface area contributed by atoms with Crippen molar-refractivity contribution in [2.24, 2.45) is 0 Å². The third-order valence-electron chi connectivity index (χ3n) is 2.72. The molecule has 1 atom stereocenters. The molecule has 2 aromatic carbocycles. The van der Waals surface area contributed by atoms with E-state index in [1.807, 2.05) is 0 Å². The molecule has 0 bridgehead atoms. The SMILES string of the molecule is O=S(O)Cc1ccc(Cl)cc1NS(=O)(=O)c1ccc(I)cc1. The van der Waals surface area contributed by atoms with E-state index < -0.39 is 21.1 Å². The molecule has 0 heterocycles. The molecular formula is C13H11ClINO4S2. The number of sulfonamides is 1. The molecule has 0 saturated carbocycles. The molecule has 0 radical (unpaired) electrons. The summed E-state index contributed by atoms with van der Waals surface area (Å²) in [5.41, 5.74) is 0.577. The van der Waals surface area contributed by atoms with Crippen LogP contribution >= 0.6 is 34.2 Å². The second-order valence-electron chi connectivity index (χ2n) is 4.33. The average molecular weight is 472 g/mol. The predicted octanol–water partition coefficient (Wildman–Crippen LogP) is 3.47. The molecule has 0 fully saturated rings. The van der Waals surface area contributed by atoms with Gasteiger partial charge >= 0.3 is 0 Å². The monoisotopic (exact) mass is 471 g/mol. The van der Waals surface area contributed by atoms with Crippen molar-refractivity contribution in [1.29, 1.82) is 0 Å². The van der Waals surface area contributed by atoms with Crippen molar-refractivity contribution < 1.29 is 17.2 Å². The summed E-state index contributed by atoms with van der Waals surface area (Å²) >= 11 is 5.86. The van der Waals surface area contributed by atoms with Crippen molar-refractivity contribution in [2.75, 3.05) is 4.72 Å². The number of nitrogens with one attached hydrogen (secondary N) is 1. The predicted molar refractivity (Wildman–Crippen MR) is 95.9 cm³/mol. The van der Waals surface area contributed by atoms with Gasteiger partial charge in [-0.2, -0.15) is 0 Å². The number of hydrogen-bond acceptors (Lipinski definition) is 3. The first-order chi connectivity index (χ1) is 10.3. The molecule has 0 aliphatic rings. The molecule has 0 spiro atoms. The second-order valence-corrected chi connectivity index (χ2v) is 8.62. The van der Waals surface area contributed by atoms with E-state index in [0.717, 1.165) is 3.57 Å². The summed E-state index contributed by atoms with van der Waals surface area (Å²) in [7, 11) is -3.80. The Morgan fingerprint density at radius 2 is 1.82 bits per heavy atom. The highest BCUT2D eigenvalue weighted by Crippen LogP contribution is 2.25. The van der Waals surface area contributed by atoms with Crippen LogP contribution in [0.5, 0.6) is 0 Å². The largest absolute Gasteiger partial charge is 0.306 e. The van der Waals surface area contributed by atoms with E-state index in [-0.39, 0.29) is 16.3 Å². The molecular weight excluding hydrogens is 461 g/mol. The van der Waals surface area contributed by atoms with Gasteiger partial charge in [0.25, 0.3) is 10.0 Å². The van der Waals surface area contributed by atoms with Gasteiger partial charge in [0.1, 0.15) is 0 Å². The van der Waals surface area contributed by atoms with Gasteiger partial charge < -0.3 is 4.55 Å². The Labute approximate surface area is 149 Å². The summed E-state index contributed by atoms with van der Waals surface area (Å²) in [6.45, 7) is 0. The quantitative estimate of drug-likeness (QED) is 0.517. The zero-order valence-corrected chi connectivity index (χ0v) is 15.5. The Kier molecular flexibility index (Phi) is 5.83. The van der Waals surface area contributed by atoms with Crippen LogP contribution in [0.1, 0.15) is 5.56 Å². The summed E-state index contributed by atoms with van der Waals surface area (Å²) in [4.78, 5) is 0.101. The summed E-state index contributed by atoms with van der Waals surface area (Å²) < 4.78 is 48.0. The Morgan fingerprint density at radius 1 is 1.18 bits per heavy atom. The maximum absolute atomic E-state index is 12.4. The Balaban J connectivity index is 2.38. The number of halogens is 2. The molecule has 5 nitrogen and oxygen atoms in total. The van der Waals surface area contributed by atoms with Crippen LogP contribution in [0, 0.1) is 3.57 Å². The van der Waals surface area contributed by atoms with Crippen molar-refractivity contribution in [2.45, 2.75) is 10.6 Å². The highest BCUT2D eigenvalue weighted by Gasteiger charge is 2.17. The van der Waals surface area contributed by atoms with Gasteiger partial charge in [0.2, 0.25) is 0 Å². The summed E-state index contributed by atoms with van der Waals surface area (Å²) in [5.74, 6) is -0.193. The van der Waals surface area contributed by atoms with Crippen LogP contribution < -0.4 is 4.72 Å². The lowest BCUT2D eigenvalue weighted by Gasteiger charge is -2.12. The van der Waals surface area contributed by atoms with Crippen LogP contribution in [0.4, 0.5) is 5.69 Å². The summed E-state index contributed by atoms with van der Waals surface area (Å²) in [5, 5.41) is 0.327. The lowest BCUT2D eigenvalue weighted by atomic mass is 10.2. The number of benzene rings is 2. The zero-order valence-electron chi connectivity index (χ0n) is 11.0. The molecule has 0 aliphatic carbocycles. The van der Waals surface area contributed by atoms with Gasteiger partial charge in [0, 0.05) is 8.59 Å². The van der Waals surface area contributed by atoms with Gasteiger partial charge in [-0.3, -0.25) is 4.72 Å². The molecule has 0 aromatic heterocycles. The normalized spacial score (nSPS) is 12.9. The lowest BCUT2D eigenvalue weighted by molar-refractivity contribution is 0.563. The van der Waals surface area contributed by atoms with E-state index in [2.05, 4.69) is 27.3 Å². The maximum Gasteiger partial charge on any atom is 0.261 e. The van der Waals surface area contributed by atoms with Crippen molar-refractivity contribution in [1.82, 2.24) is 0 Å². The fourth-order valence-electron chi connectivity index (χ4n) is 1.72. The molecule has 0 saturated heterocycles. The minimum absolute atomic E-state index is 0.101. The molecule has 118 valence electrons. The van der Waals surface area contributed by atoms with Gasteiger partial charge in [-0.15, -0.1) is 0 Å². The van der Waals surface area contributed by atoms with Gasteiger partial charge in [-0.1, -0.05) is 17.7 Å². The van der Waals surface area contributed by atoms with E-state index in [9.17, 15) is 12.6 Å². The molecule has 22 heavy (non-hydrogen) atoms. The number of anilines is 1. The Morgan fingerprint density at radius 3 is 2.41 bits per heavy atom. The van der Waals surface area contributed by atoms with Gasteiger partial charge in [-0.05, 0) is 64.6 Å². The average Bonchev–Trinajstić information content (AvgIpc) is 2.41. The van der Waals surface area contributed by atoms with Crippen molar-refractivity contribution in [3.8, 4) is 0 Å². The first-order valence-electron chi connectivity index (χ1n) is 5.92. The number of rotatable bonds is 5. The van der Waals surface area contributed by atoms with E-state index in [0.29, 0.717) is 10.6 Å². The highest BCUT2D eigenvalue weighted by atomic mass is 127. The second kappa shape index (κ2) is 7.26. The van der Waals surface area contributed by atoms with Crippen LogP contribution in [-0.2, 0) is 26.9 Å². The number of hydrogen-bond donors (Lipinski definition) is 2. The molecule has 9 heteroatoms. The van der Waals surface area contributed by atoms with Gasteiger partial charge in [-0.25, -0.2) is 12.6 Å². The van der Waals surface area contributed by atoms with Crippen LogP contribution in [0.15, 0.2) is 47.4 Å². The van der Waals surface area contributed by atoms with Crippen LogP contribution in [0.25, 0.3) is 0 Å². The minimum atomic E-state index is -3.80. The molecule has 0 amide bonds. The summed E-state index contributed by atoms with van der Waals surface area (Å²) in [6.07, 6.45) is 0. The fraction of sp³-hybridized carbons (Fsp3) is 0.0769. The van der Waals surface area contributed by atoms with Gasteiger partial charge in [0.15, 0.2) is 11.1 Å². The highest BCUT2D eigenvalue weighted by molar-refractivity contribution is 14.1. The van der Waals surface area contributed by atoms with Gasteiger partial charge in [0.05, 0.1) is 16.3 Å². The first-order valence-corrected chi connectivity index (χ1v) is 10.1. The third kappa shape index (κ3) is 4.66. The van der Waals surface area contributed by atoms with E-state index in [1.54, 1.807) is 12.1 Å². The fourth-order valence-corrected chi connectivity index (χ4v) is 3.86. The zero-order chi connectivity index (χ0) is 16.3. The van der Waals surface area contributed by atoms with E-state index in [4.69, 9.17) is 16.2 Å². The molecule has 1 unspecified atom stereocenters. The van der Waals surface area contributed by atoms with Crippen molar-refractivity contribution >= 4 is 61.0 Å². The third-order valence-corrected chi connectivity index (χ3v) is 5.61. The first kappa shape index (κ1) is 17.7. The van der Waals surface area contributed by atoms with Crippen LogP contribution in [0.2, 0.25) is 5.02 Å². The molecule has 2 aromatic rings. The molecule has 2 rings (SSSR count). The maximum atomic E-state index is 12.4. The summed E-state index contributed by atoms with van der Waals surface area (Å²) in [6, 6.07) is 10.8.